The summed E-state index contributed by atoms with van der Waals surface area (Å²) in [6.07, 6.45) is 5.50. The molecular weight excluding hydrogens is 216 g/mol. The van der Waals surface area contributed by atoms with Crippen molar-refractivity contribution in [2.75, 3.05) is 11.9 Å². The largest absolute Gasteiger partial charge is 0.391 e. The number of anilines is 1. The number of likely N-dealkylation sites (N-methyl/N-ethyl adjacent to an activating group) is 1. The first-order valence-corrected chi connectivity index (χ1v) is 6.15. The van der Waals surface area contributed by atoms with Crippen molar-refractivity contribution in [1.82, 2.24) is 10.2 Å². The average molecular weight is 236 g/mol. The predicted molar refractivity (Wildman–Crippen MR) is 66.6 cm³/mol. The zero-order valence-electron chi connectivity index (χ0n) is 10.2. The van der Waals surface area contributed by atoms with Gasteiger partial charge in [0.05, 0.1) is 18.3 Å². The fourth-order valence-corrected chi connectivity index (χ4v) is 2.51. The van der Waals surface area contributed by atoms with Crippen molar-refractivity contribution in [3.63, 3.8) is 0 Å². The van der Waals surface area contributed by atoms with Crippen LogP contribution in [0.2, 0.25) is 0 Å². The SMILES string of the molecule is CN(c1nnccc1CN)C1CCCCC1O. The summed E-state index contributed by atoms with van der Waals surface area (Å²) in [5.74, 6) is 0.793. The molecule has 2 rings (SSSR count). The quantitative estimate of drug-likeness (QED) is 0.807. The summed E-state index contributed by atoms with van der Waals surface area (Å²) < 4.78 is 0. The van der Waals surface area contributed by atoms with Crippen molar-refractivity contribution in [3.05, 3.63) is 17.8 Å². The van der Waals surface area contributed by atoms with E-state index >= 15 is 0 Å². The van der Waals surface area contributed by atoms with Crippen LogP contribution in [0.1, 0.15) is 31.2 Å². The minimum absolute atomic E-state index is 0.130. The van der Waals surface area contributed by atoms with E-state index in [1.165, 1.54) is 0 Å². The molecule has 0 aliphatic heterocycles. The standard InChI is InChI=1S/C12H20N4O/c1-16(10-4-2-3-5-11(10)17)12-9(8-13)6-7-14-15-12/h6-7,10-11,17H,2-5,8,13H2,1H3. The second kappa shape index (κ2) is 5.42. The molecule has 0 amide bonds. The van der Waals surface area contributed by atoms with Gasteiger partial charge in [-0.25, -0.2) is 0 Å². The van der Waals surface area contributed by atoms with Crippen molar-refractivity contribution in [2.24, 2.45) is 5.73 Å². The van der Waals surface area contributed by atoms with E-state index in [-0.39, 0.29) is 12.1 Å². The van der Waals surface area contributed by atoms with Crippen LogP contribution in [-0.2, 0) is 6.54 Å². The molecule has 0 bridgehead atoms. The highest BCUT2D eigenvalue weighted by Gasteiger charge is 2.28. The molecule has 94 valence electrons. The number of hydrogen-bond donors (Lipinski definition) is 2. The van der Waals surface area contributed by atoms with Gasteiger partial charge in [0.2, 0.25) is 0 Å². The molecule has 2 atom stereocenters. The summed E-state index contributed by atoms with van der Waals surface area (Å²) in [6.45, 7) is 0.442. The lowest BCUT2D eigenvalue weighted by atomic mass is 9.91. The lowest BCUT2D eigenvalue weighted by Crippen LogP contribution is -2.44. The van der Waals surface area contributed by atoms with Gasteiger partial charge >= 0.3 is 0 Å². The molecule has 0 saturated heterocycles. The van der Waals surface area contributed by atoms with Crippen LogP contribution in [0.15, 0.2) is 12.3 Å². The highest BCUT2D eigenvalue weighted by Crippen LogP contribution is 2.26. The molecule has 0 aromatic carbocycles. The van der Waals surface area contributed by atoms with Gasteiger partial charge in [0, 0.05) is 19.2 Å². The fourth-order valence-electron chi connectivity index (χ4n) is 2.51. The highest BCUT2D eigenvalue weighted by atomic mass is 16.3. The van der Waals surface area contributed by atoms with Gasteiger partial charge in [-0.3, -0.25) is 0 Å². The van der Waals surface area contributed by atoms with Crippen molar-refractivity contribution in [2.45, 2.75) is 44.4 Å². The van der Waals surface area contributed by atoms with Crippen molar-refractivity contribution < 1.29 is 5.11 Å². The van der Waals surface area contributed by atoms with E-state index in [1.807, 2.05) is 18.0 Å². The molecule has 0 radical (unpaired) electrons. The Bertz CT molecular complexity index is 371. The summed E-state index contributed by atoms with van der Waals surface area (Å²) in [4.78, 5) is 2.03. The van der Waals surface area contributed by atoms with Crippen LogP contribution in [0.3, 0.4) is 0 Å². The summed E-state index contributed by atoms with van der Waals surface area (Å²) >= 11 is 0. The Morgan fingerprint density at radius 2 is 2.24 bits per heavy atom. The Hall–Kier alpha value is -1.20. The Morgan fingerprint density at radius 1 is 1.47 bits per heavy atom. The van der Waals surface area contributed by atoms with Crippen molar-refractivity contribution in [1.29, 1.82) is 0 Å². The van der Waals surface area contributed by atoms with E-state index in [1.54, 1.807) is 6.20 Å². The van der Waals surface area contributed by atoms with Crippen LogP contribution in [0, 0.1) is 0 Å². The zero-order valence-corrected chi connectivity index (χ0v) is 10.2. The lowest BCUT2D eigenvalue weighted by molar-refractivity contribution is 0.106. The Labute approximate surface area is 102 Å². The van der Waals surface area contributed by atoms with Gasteiger partial charge in [0.15, 0.2) is 5.82 Å². The summed E-state index contributed by atoms with van der Waals surface area (Å²) in [5, 5.41) is 18.1. The van der Waals surface area contributed by atoms with Crippen LogP contribution in [0.4, 0.5) is 5.82 Å². The number of aliphatic hydroxyl groups excluding tert-OH is 1. The van der Waals surface area contributed by atoms with E-state index in [9.17, 15) is 5.11 Å². The molecule has 17 heavy (non-hydrogen) atoms. The third-order valence-electron chi connectivity index (χ3n) is 3.53. The van der Waals surface area contributed by atoms with Crippen LogP contribution in [0.25, 0.3) is 0 Å². The molecular formula is C12H20N4O. The van der Waals surface area contributed by atoms with Gasteiger partial charge in [0.25, 0.3) is 0 Å². The predicted octanol–water partition coefficient (Wildman–Crippen LogP) is 0.675. The number of aliphatic hydroxyl groups is 1. The minimum Gasteiger partial charge on any atom is -0.391 e. The molecule has 1 heterocycles. The number of aromatic nitrogens is 2. The molecule has 5 heteroatoms. The van der Waals surface area contributed by atoms with E-state index in [0.717, 1.165) is 37.1 Å². The summed E-state index contributed by atoms with van der Waals surface area (Å²) in [6, 6.07) is 2.01. The molecule has 3 N–H and O–H groups in total. The maximum absolute atomic E-state index is 10.0. The van der Waals surface area contributed by atoms with E-state index in [2.05, 4.69) is 10.2 Å². The van der Waals surface area contributed by atoms with Gasteiger partial charge in [-0.15, -0.1) is 5.10 Å². The van der Waals surface area contributed by atoms with Crippen molar-refractivity contribution in [3.8, 4) is 0 Å². The summed E-state index contributed by atoms with van der Waals surface area (Å²) in [7, 11) is 1.96. The van der Waals surface area contributed by atoms with Gasteiger partial charge in [-0.05, 0) is 18.9 Å². The highest BCUT2D eigenvalue weighted by molar-refractivity contribution is 5.46. The van der Waals surface area contributed by atoms with Crippen molar-refractivity contribution >= 4 is 5.82 Å². The number of nitrogens with zero attached hydrogens (tertiary/aromatic N) is 3. The number of hydrogen-bond acceptors (Lipinski definition) is 5. The smallest absolute Gasteiger partial charge is 0.155 e. The molecule has 1 aliphatic rings. The molecule has 5 nitrogen and oxygen atoms in total. The second-order valence-corrected chi connectivity index (χ2v) is 4.61. The molecule has 1 aromatic rings. The Morgan fingerprint density at radius 3 is 2.94 bits per heavy atom. The average Bonchev–Trinajstić information content (AvgIpc) is 2.38. The first-order valence-electron chi connectivity index (χ1n) is 6.15. The van der Waals surface area contributed by atoms with Gasteiger partial charge in [0.1, 0.15) is 0 Å². The molecule has 1 aliphatic carbocycles. The molecule has 0 spiro atoms. The first kappa shape index (κ1) is 12.3. The third kappa shape index (κ3) is 2.56. The number of nitrogens with two attached hydrogens (primary N) is 1. The van der Waals surface area contributed by atoms with Crippen LogP contribution in [-0.4, -0.2) is 34.5 Å². The first-order chi connectivity index (χ1) is 8.24. The topological polar surface area (TPSA) is 75.3 Å². The van der Waals surface area contributed by atoms with Crippen LogP contribution >= 0.6 is 0 Å². The third-order valence-corrected chi connectivity index (χ3v) is 3.53. The maximum atomic E-state index is 10.0. The fraction of sp³-hybridized carbons (Fsp3) is 0.667. The normalized spacial score (nSPS) is 24.6. The van der Waals surface area contributed by atoms with E-state index in [4.69, 9.17) is 5.73 Å². The van der Waals surface area contributed by atoms with Crippen LogP contribution < -0.4 is 10.6 Å². The molecule has 1 saturated carbocycles. The maximum Gasteiger partial charge on any atom is 0.155 e. The molecule has 1 aromatic heterocycles. The lowest BCUT2D eigenvalue weighted by Gasteiger charge is -2.36. The Balaban J connectivity index is 2.20. The number of rotatable bonds is 3. The van der Waals surface area contributed by atoms with Gasteiger partial charge < -0.3 is 15.7 Å². The molecule has 1 fully saturated rings. The monoisotopic (exact) mass is 236 g/mol. The second-order valence-electron chi connectivity index (χ2n) is 4.61. The van der Waals surface area contributed by atoms with Gasteiger partial charge in [-0.1, -0.05) is 12.8 Å². The zero-order chi connectivity index (χ0) is 12.3. The van der Waals surface area contributed by atoms with E-state index in [0.29, 0.717) is 6.54 Å². The van der Waals surface area contributed by atoms with Crippen LogP contribution in [0.5, 0.6) is 0 Å². The van der Waals surface area contributed by atoms with E-state index < -0.39 is 0 Å². The van der Waals surface area contributed by atoms with Gasteiger partial charge in [-0.2, -0.15) is 5.10 Å². The minimum atomic E-state index is -0.276. The summed E-state index contributed by atoms with van der Waals surface area (Å²) in [5.41, 5.74) is 6.67. The molecule has 2 unspecified atom stereocenters. The Kier molecular flexibility index (Phi) is 3.91.